The summed E-state index contributed by atoms with van der Waals surface area (Å²) in [5.41, 5.74) is 4.63. The normalized spacial score (nSPS) is 13.0. The van der Waals surface area contributed by atoms with Crippen LogP contribution in [0.1, 0.15) is 50.5 Å². The van der Waals surface area contributed by atoms with E-state index in [1.807, 2.05) is 67.1 Å². The Kier molecular flexibility index (Phi) is 5.58. The number of nitrogens with zero attached hydrogens (tertiary/aromatic N) is 1. The number of carbonyl (C=O) groups excluding carboxylic acids is 2. The number of aryl methyl sites for hydroxylation is 3. The lowest BCUT2D eigenvalue weighted by molar-refractivity contribution is -0.690. The molecule has 2 aromatic heterocycles. The highest BCUT2D eigenvalue weighted by Gasteiger charge is 2.27. The highest BCUT2D eigenvalue weighted by molar-refractivity contribution is 7.17. The third kappa shape index (κ3) is 4.15. The van der Waals surface area contributed by atoms with Gasteiger partial charge in [0.15, 0.2) is 17.7 Å². The van der Waals surface area contributed by atoms with E-state index >= 15 is 0 Å². The van der Waals surface area contributed by atoms with E-state index in [1.165, 1.54) is 4.88 Å². The summed E-state index contributed by atoms with van der Waals surface area (Å²) in [6, 6.07) is 13.5. The molecular weight excluding hydrogens is 380 g/mol. The van der Waals surface area contributed by atoms with E-state index in [0.29, 0.717) is 16.1 Å². The van der Waals surface area contributed by atoms with Gasteiger partial charge in [0.1, 0.15) is 5.00 Å². The van der Waals surface area contributed by atoms with Crippen LogP contribution in [-0.2, 0) is 24.2 Å². The van der Waals surface area contributed by atoms with E-state index in [2.05, 4.69) is 5.32 Å². The van der Waals surface area contributed by atoms with E-state index in [1.54, 1.807) is 11.3 Å². The van der Waals surface area contributed by atoms with Gasteiger partial charge in [-0.15, -0.1) is 11.3 Å². The minimum atomic E-state index is -0.110. The molecule has 0 radical (unpaired) electrons. The van der Waals surface area contributed by atoms with E-state index in [-0.39, 0.29) is 18.2 Å². The van der Waals surface area contributed by atoms with Crippen molar-refractivity contribution in [3.05, 3.63) is 81.5 Å². The number of benzene rings is 1. The fourth-order valence-corrected chi connectivity index (χ4v) is 5.11. The van der Waals surface area contributed by atoms with Gasteiger partial charge in [0.05, 0.1) is 5.56 Å². The molecule has 3 aromatic rings. The number of pyridine rings is 1. The predicted molar refractivity (Wildman–Crippen MR) is 116 cm³/mol. The lowest BCUT2D eigenvalue weighted by Gasteiger charge is -2.12. The first-order valence-corrected chi connectivity index (χ1v) is 10.9. The third-order valence-corrected chi connectivity index (χ3v) is 6.65. The molecule has 0 atom stereocenters. The summed E-state index contributed by atoms with van der Waals surface area (Å²) in [5, 5.41) is 3.74. The molecule has 1 amide bonds. The van der Waals surface area contributed by atoms with Crippen LogP contribution in [0, 0.1) is 13.8 Å². The maximum atomic E-state index is 13.4. The lowest BCUT2D eigenvalue weighted by atomic mass is 9.91. The average Bonchev–Trinajstić information content (AvgIpc) is 3.07. The fraction of sp³-hybridized carbons (Fsp3) is 0.292. The van der Waals surface area contributed by atoms with E-state index in [0.717, 1.165) is 42.5 Å². The van der Waals surface area contributed by atoms with Gasteiger partial charge in [0, 0.05) is 29.5 Å². The zero-order valence-corrected chi connectivity index (χ0v) is 17.6. The minimum Gasteiger partial charge on any atom is -0.312 e. The summed E-state index contributed by atoms with van der Waals surface area (Å²) < 4.78 is 1.91. The highest BCUT2D eigenvalue weighted by atomic mass is 32.1. The summed E-state index contributed by atoms with van der Waals surface area (Å²) in [6.07, 6.45) is 6.01. The van der Waals surface area contributed by atoms with Crippen molar-refractivity contribution in [2.45, 2.75) is 46.1 Å². The van der Waals surface area contributed by atoms with Crippen molar-refractivity contribution < 1.29 is 14.2 Å². The lowest BCUT2D eigenvalue weighted by Crippen LogP contribution is -2.42. The Labute approximate surface area is 175 Å². The first-order valence-electron chi connectivity index (χ1n) is 10.0. The van der Waals surface area contributed by atoms with Gasteiger partial charge in [-0.25, -0.2) is 0 Å². The van der Waals surface area contributed by atoms with Crippen molar-refractivity contribution in [1.29, 1.82) is 0 Å². The van der Waals surface area contributed by atoms with Crippen LogP contribution in [0.4, 0.5) is 5.00 Å². The zero-order chi connectivity index (χ0) is 20.4. The number of hydrogen-bond acceptors (Lipinski definition) is 3. The molecule has 0 spiro atoms. The van der Waals surface area contributed by atoms with E-state index in [9.17, 15) is 9.59 Å². The maximum absolute atomic E-state index is 13.4. The molecular formula is C24H25N2O2S+. The molecule has 4 rings (SSSR count). The first-order chi connectivity index (χ1) is 14.0. The van der Waals surface area contributed by atoms with Crippen LogP contribution in [0.25, 0.3) is 0 Å². The van der Waals surface area contributed by atoms with Crippen molar-refractivity contribution in [2.24, 2.45) is 0 Å². The van der Waals surface area contributed by atoms with Crippen molar-refractivity contribution in [1.82, 2.24) is 0 Å². The van der Waals surface area contributed by atoms with Gasteiger partial charge in [-0.05, 0) is 38.2 Å². The van der Waals surface area contributed by atoms with Crippen LogP contribution in [0.15, 0.2) is 48.7 Å². The van der Waals surface area contributed by atoms with Gasteiger partial charge < -0.3 is 5.32 Å². The summed E-state index contributed by atoms with van der Waals surface area (Å²) in [5.74, 6) is -0.107. The Hall–Kier alpha value is -2.79. The Bertz CT molecular complexity index is 1070. The number of aromatic nitrogens is 1. The number of fused-ring (bicyclic) bond motifs is 1. The molecule has 1 aliphatic rings. The van der Waals surface area contributed by atoms with Crippen LogP contribution in [-0.4, -0.2) is 11.7 Å². The number of nitrogens with one attached hydrogen (secondary N) is 1. The summed E-state index contributed by atoms with van der Waals surface area (Å²) >= 11 is 1.57. The summed E-state index contributed by atoms with van der Waals surface area (Å²) in [4.78, 5) is 27.4. The number of amides is 1. The SMILES string of the molecule is Cc1ccc(C(=O)c2c(NC(=O)C[n+]3ccccc3C)sc3c2CCCC3)cc1. The van der Waals surface area contributed by atoms with Gasteiger partial charge >= 0.3 is 0 Å². The molecule has 0 unspecified atom stereocenters. The summed E-state index contributed by atoms with van der Waals surface area (Å²) in [7, 11) is 0. The van der Waals surface area contributed by atoms with Crippen LogP contribution in [0.3, 0.4) is 0 Å². The second-order valence-electron chi connectivity index (χ2n) is 7.63. The monoisotopic (exact) mass is 405 g/mol. The number of anilines is 1. The van der Waals surface area contributed by atoms with Crippen molar-refractivity contribution in [3.8, 4) is 0 Å². The van der Waals surface area contributed by atoms with Crippen molar-refractivity contribution >= 4 is 28.0 Å². The molecule has 0 aliphatic heterocycles. The third-order valence-electron chi connectivity index (χ3n) is 5.45. The molecule has 2 heterocycles. The molecule has 0 saturated carbocycles. The van der Waals surface area contributed by atoms with Crippen LogP contribution in [0.2, 0.25) is 0 Å². The molecule has 29 heavy (non-hydrogen) atoms. The molecule has 0 saturated heterocycles. The van der Waals surface area contributed by atoms with Crippen molar-refractivity contribution in [3.63, 3.8) is 0 Å². The van der Waals surface area contributed by atoms with E-state index < -0.39 is 0 Å². The molecule has 1 aromatic carbocycles. The standard InChI is InChI=1S/C24H24N2O2S/c1-16-10-12-18(13-11-16)23(28)22-19-8-3-4-9-20(19)29-24(22)25-21(27)15-26-14-6-5-7-17(26)2/h5-7,10-14H,3-4,8-9,15H2,1-2H3/p+1. The minimum absolute atomic E-state index is 0.00300. The Morgan fingerprint density at radius 3 is 2.55 bits per heavy atom. The number of rotatable bonds is 5. The van der Waals surface area contributed by atoms with Crippen LogP contribution < -0.4 is 9.88 Å². The molecule has 0 bridgehead atoms. The molecule has 4 nitrogen and oxygen atoms in total. The maximum Gasteiger partial charge on any atom is 0.290 e. The van der Waals surface area contributed by atoms with Crippen molar-refractivity contribution in [2.75, 3.05) is 5.32 Å². The van der Waals surface area contributed by atoms with Gasteiger partial charge in [-0.1, -0.05) is 35.9 Å². The second-order valence-corrected chi connectivity index (χ2v) is 8.73. The Balaban J connectivity index is 1.65. The van der Waals surface area contributed by atoms with Gasteiger partial charge in [0.2, 0.25) is 6.54 Å². The Morgan fingerprint density at radius 2 is 1.79 bits per heavy atom. The largest absolute Gasteiger partial charge is 0.312 e. The first kappa shape index (κ1) is 19.5. The molecule has 0 fully saturated rings. The van der Waals surface area contributed by atoms with Crippen LogP contribution >= 0.6 is 11.3 Å². The number of hydrogen-bond donors (Lipinski definition) is 1. The second kappa shape index (κ2) is 8.29. The quantitative estimate of drug-likeness (QED) is 0.505. The fourth-order valence-electron chi connectivity index (χ4n) is 3.80. The number of ketones is 1. The Morgan fingerprint density at radius 1 is 1.03 bits per heavy atom. The molecule has 1 aliphatic carbocycles. The highest BCUT2D eigenvalue weighted by Crippen LogP contribution is 2.39. The molecule has 148 valence electrons. The number of thiophene rings is 1. The smallest absolute Gasteiger partial charge is 0.290 e. The zero-order valence-electron chi connectivity index (χ0n) is 16.8. The number of carbonyl (C=O) groups is 2. The topological polar surface area (TPSA) is 50.1 Å². The van der Waals surface area contributed by atoms with Gasteiger partial charge in [0.25, 0.3) is 5.91 Å². The molecule has 1 N–H and O–H groups in total. The molecule has 5 heteroatoms. The summed E-state index contributed by atoms with van der Waals surface area (Å²) in [6.45, 7) is 4.21. The van der Waals surface area contributed by atoms with Crippen LogP contribution in [0.5, 0.6) is 0 Å². The van der Waals surface area contributed by atoms with Gasteiger partial charge in [-0.2, -0.15) is 4.57 Å². The van der Waals surface area contributed by atoms with E-state index in [4.69, 9.17) is 0 Å². The average molecular weight is 406 g/mol. The predicted octanol–water partition coefficient (Wildman–Crippen LogP) is 4.40. The van der Waals surface area contributed by atoms with Gasteiger partial charge in [-0.3, -0.25) is 9.59 Å².